The van der Waals surface area contributed by atoms with E-state index in [1.807, 2.05) is 30.3 Å². The third-order valence-electron chi connectivity index (χ3n) is 4.08. The van der Waals surface area contributed by atoms with Crippen LogP contribution in [0.5, 0.6) is 0 Å². The van der Waals surface area contributed by atoms with E-state index >= 15 is 0 Å². The third kappa shape index (κ3) is 16.6. The summed E-state index contributed by atoms with van der Waals surface area (Å²) in [5.41, 5.74) is 25.8. The van der Waals surface area contributed by atoms with E-state index in [-0.39, 0.29) is 0 Å². The highest BCUT2D eigenvalue weighted by Gasteiger charge is 2.08. The highest BCUT2D eigenvalue weighted by molar-refractivity contribution is 5.50. The summed E-state index contributed by atoms with van der Waals surface area (Å²) in [4.78, 5) is 0. The molecule has 0 aliphatic carbocycles. The van der Waals surface area contributed by atoms with Gasteiger partial charge in [0.05, 0.1) is 0 Å². The van der Waals surface area contributed by atoms with E-state index in [9.17, 15) is 0 Å². The molecule has 29 heavy (non-hydrogen) atoms. The van der Waals surface area contributed by atoms with Gasteiger partial charge in [-0.15, -0.1) is 0 Å². The first-order valence-electron chi connectivity index (χ1n) is 10.5. The smallest absolute Gasteiger partial charge is 0.0334 e. The molecule has 0 saturated carbocycles. The molecule has 2 aromatic carbocycles. The lowest BCUT2D eigenvalue weighted by molar-refractivity contribution is 0.361. The molecule has 0 aliphatic heterocycles. The van der Waals surface area contributed by atoms with Crippen molar-refractivity contribution < 1.29 is 0 Å². The van der Waals surface area contributed by atoms with E-state index in [1.54, 1.807) is 18.2 Å². The maximum Gasteiger partial charge on any atom is 0.0334 e. The third-order valence-corrected chi connectivity index (χ3v) is 4.08. The highest BCUT2D eigenvalue weighted by Crippen LogP contribution is 2.19. The van der Waals surface area contributed by atoms with Gasteiger partial charge in [0, 0.05) is 24.5 Å². The number of nitrogens with two attached hydrogens (primary N) is 4. The Morgan fingerprint density at radius 3 is 1.69 bits per heavy atom. The van der Waals surface area contributed by atoms with E-state index in [2.05, 4.69) is 33.0 Å². The number of nitrogens with one attached hydrogen (secondary N) is 1. The first-order valence-corrected chi connectivity index (χ1v) is 10.5. The molecule has 0 bridgehead atoms. The lowest BCUT2D eigenvalue weighted by atomic mass is 9.91. The Labute approximate surface area is 178 Å². The number of anilines is 2. The lowest BCUT2D eigenvalue weighted by Gasteiger charge is -2.17. The molecule has 5 heteroatoms. The predicted octanol–water partition coefficient (Wildman–Crippen LogP) is 4.27. The molecule has 164 valence electrons. The zero-order valence-electron chi connectivity index (χ0n) is 18.9. The number of nitrogen functional groups attached to an aromatic ring is 2. The van der Waals surface area contributed by atoms with Crippen LogP contribution in [0.3, 0.4) is 0 Å². The van der Waals surface area contributed by atoms with Crippen LogP contribution in [0.4, 0.5) is 11.4 Å². The Kier molecular flexibility index (Phi) is 14.7. The Hall–Kier alpha value is -2.08. The summed E-state index contributed by atoms with van der Waals surface area (Å²) in [5, 5.41) is 3.41. The number of hydrogen-bond acceptors (Lipinski definition) is 5. The Morgan fingerprint density at radius 2 is 1.31 bits per heavy atom. The van der Waals surface area contributed by atoms with Crippen LogP contribution in [0, 0.1) is 5.41 Å². The summed E-state index contributed by atoms with van der Waals surface area (Å²) >= 11 is 0. The zero-order chi connectivity index (χ0) is 22.1. The molecule has 0 aliphatic rings. The minimum absolute atomic E-state index is 0.508. The van der Waals surface area contributed by atoms with Gasteiger partial charge in [0.25, 0.3) is 0 Å². The molecular weight excluding hydrogens is 358 g/mol. The maximum absolute atomic E-state index is 5.43. The molecule has 0 saturated heterocycles. The van der Waals surface area contributed by atoms with Gasteiger partial charge in [-0.2, -0.15) is 0 Å². The van der Waals surface area contributed by atoms with Crippen LogP contribution in [0.1, 0.15) is 58.1 Å². The average molecular weight is 402 g/mol. The lowest BCUT2D eigenvalue weighted by Crippen LogP contribution is -2.17. The van der Waals surface area contributed by atoms with Gasteiger partial charge < -0.3 is 28.3 Å². The summed E-state index contributed by atoms with van der Waals surface area (Å²) in [6.45, 7) is 12.6. The molecule has 0 atom stereocenters. The highest BCUT2D eigenvalue weighted by atomic mass is 14.8. The normalized spacial score (nSPS) is 10.4. The molecule has 2 rings (SSSR count). The molecule has 5 nitrogen and oxygen atoms in total. The van der Waals surface area contributed by atoms with Gasteiger partial charge in [-0.1, -0.05) is 58.0 Å². The van der Waals surface area contributed by atoms with Crippen molar-refractivity contribution in [3.8, 4) is 0 Å². The first kappa shape index (κ1) is 26.9. The SMILES string of the molecule is CCCNCCCC(C)(C)C.NCc1cccc(CN)c1.Nc1cccc(N)c1. The summed E-state index contributed by atoms with van der Waals surface area (Å²) in [7, 11) is 0. The van der Waals surface area contributed by atoms with Crippen LogP contribution < -0.4 is 28.3 Å². The van der Waals surface area contributed by atoms with Gasteiger partial charge in [-0.25, -0.2) is 0 Å². The van der Waals surface area contributed by atoms with Crippen molar-refractivity contribution in [3.05, 3.63) is 59.7 Å². The molecule has 9 N–H and O–H groups in total. The van der Waals surface area contributed by atoms with Crippen LogP contribution in [0.25, 0.3) is 0 Å². The average Bonchev–Trinajstić information content (AvgIpc) is 2.68. The zero-order valence-corrected chi connectivity index (χ0v) is 18.9. The van der Waals surface area contributed by atoms with Gasteiger partial charge in [0.1, 0.15) is 0 Å². The summed E-state index contributed by atoms with van der Waals surface area (Å²) in [5.74, 6) is 0. The molecule has 0 unspecified atom stereocenters. The summed E-state index contributed by atoms with van der Waals surface area (Å²) in [6.07, 6.45) is 3.88. The van der Waals surface area contributed by atoms with Crippen molar-refractivity contribution >= 4 is 11.4 Å². The second-order valence-electron chi connectivity index (χ2n) is 8.31. The van der Waals surface area contributed by atoms with Crippen LogP contribution in [0.15, 0.2) is 48.5 Å². The molecule has 0 radical (unpaired) electrons. The molecule has 0 heterocycles. The predicted molar refractivity (Wildman–Crippen MR) is 129 cm³/mol. The standard InChI is InChI=1S/C10H23N.C8H12N2.C6H8N2/c1-5-8-11-9-6-7-10(2,3)4;9-5-7-2-1-3-8(4-7)6-10;7-5-2-1-3-6(8)4-5/h11H,5-9H2,1-4H3;1-4H,5-6,9-10H2;1-4H,7-8H2. The molecular formula is C24H43N5. The van der Waals surface area contributed by atoms with Gasteiger partial charge in [-0.05, 0) is 67.1 Å². The van der Waals surface area contributed by atoms with Crippen molar-refractivity contribution in [2.24, 2.45) is 16.9 Å². The van der Waals surface area contributed by atoms with E-state index < -0.39 is 0 Å². The largest absolute Gasteiger partial charge is 0.399 e. The first-order chi connectivity index (χ1) is 13.7. The van der Waals surface area contributed by atoms with E-state index in [1.165, 1.54) is 32.4 Å². The van der Waals surface area contributed by atoms with Crippen LogP contribution in [-0.2, 0) is 13.1 Å². The molecule has 0 amide bonds. The van der Waals surface area contributed by atoms with E-state index in [0.717, 1.165) is 11.1 Å². The second-order valence-corrected chi connectivity index (χ2v) is 8.31. The van der Waals surface area contributed by atoms with E-state index in [0.29, 0.717) is 29.9 Å². The number of rotatable bonds is 7. The Bertz CT molecular complexity index is 613. The van der Waals surface area contributed by atoms with Crippen molar-refractivity contribution in [2.75, 3.05) is 24.6 Å². The second kappa shape index (κ2) is 15.8. The molecule has 2 aromatic rings. The fourth-order valence-corrected chi connectivity index (χ4v) is 2.49. The Morgan fingerprint density at radius 1 is 0.793 bits per heavy atom. The maximum atomic E-state index is 5.43. The van der Waals surface area contributed by atoms with Crippen molar-refractivity contribution in [1.29, 1.82) is 0 Å². The molecule has 0 aromatic heterocycles. The summed E-state index contributed by atoms with van der Waals surface area (Å²) < 4.78 is 0. The quantitative estimate of drug-likeness (QED) is 0.351. The van der Waals surface area contributed by atoms with Crippen molar-refractivity contribution in [3.63, 3.8) is 0 Å². The molecule has 0 fully saturated rings. The summed E-state index contributed by atoms with van der Waals surface area (Å²) in [6, 6.07) is 15.2. The van der Waals surface area contributed by atoms with Crippen molar-refractivity contribution in [2.45, 2.75) is 60.0 Å². The topological polar surface area (TPSA) is 116 Å². The fraction of sp³-hybridized carbons (Fsp3) is 0.500. The van der Waals surface area contributed by atoms with Crippen molar-refractivity contribution in [1.82, 2.24) is 5.32 Å². The number of benzene rings is 2. The Balaban J connectivity index is 0.000000410. The number of hydrogen-bond donors (Lipinski definition) is 5. The molecule has 0 spiro atoms. The van der Waals surface area contributed by atoms with Crippen LogP contribution >= 0.6 is 0 Å². The van der Waals surface area contributed by atoms with E-state index in [4.69, 9.17) is 22.9 Å². The van der Waals surface area contributed by atoms with Gasteiger partial charge in [-0.3, -0.25) is 0 Å². The van der Waals surface area contributed by atoms with Gasteiger partial charge in [0.2, 0.25) is 0 Å². The van der Waals surface area contributed by atoms with Gasteiger partial charge >= 0.3 is 0 Å². The minimum atomic E-state index is 0.508. The van der Waals surface area contributed by atoms with Gasteiger partial charge in [0.15, 0.2) is 0 Å². The van der Waals surface area contributed by atoms with Crippen LogP contribution in [-0.4, -0.2) is 13.1 Å². The van der Waals surface area contributed by atoms with Crippen LogP contribution in [0.2, 0.25) is 0 Å². The monoisotopic (exact) mass is 401 g/mol. The fourth-order valence-electron chi connectivity index (χ4n) is 2.49. The minimum Gasteiger partial charge on any atom is -0.399 e.